The first kappa shape index (κ1) is 77.6. The highest BCUT2D eigenvalue weighted by molar-refractivity contribution is 5.71. The summed E-state index contributed by atoms with van der Waals surface area (Å²) < 4.78 is 17.0. The van der Waals surface area contributed by atoms with Gasteiger partial charge in [-0.2, -0.15) is 0 Å². The van der Waals surface area contributed by atoms with Gasteiger partial charge in [-0.15, -0.1) is 0 Å². The van der Waals surface area contributed by atoms with Crippen molar-refractivity contribution >= 4 is 17.9 Å². The zero-order chi connectivity index (χ0) is 58.5. The van der Waals surface area contributed by atoms with Crippen LogP contribution in [0.15, 0.2) is 85.1 Å². The van der Waals surface area contributed by atoms with Gasteiger partial charge >= 0.3 is 17.9 Å². The van der Waals surface area contributed by atoms with Gasteiger partial charge in [-0.25, -0.2) is 0 Å². The molecule has 0 radical (unpaired) electrons. The third-order valence-electron chi connectivity index (χ3n) is 15.3. The van der Waals surface area contributed by atoms with Crippen molar-refractivity contribution in [3.05, 3.63) is 85.1 Å². The molecular weight excluding hydrogens is 997 g/mol. The van der Waals surface area contributed by atoms with E-state index in [0.717, 1.165) is 109 Å². The molecule has 1 unspecified atom stereocenters. The first-order valence-electron chi connectivity index (χ1n) is 35.1. The Bertz CT molecular complexity index is 1530. The first-order chi connectivity index (χ1) is 40.0. The van der Waals surface area contributed by atoms with Crippen molar-refractivity contribution in [1.29, 1.82) is 0 Å². The molecule has 0 aliphatic rings. The third kappa shape index (κ3) is 67.3. The monoisotopic (exact) mass is 1130 g/mol. The van der Waals surface area contributed by atoms with E-state index < -0.39 is 6.10 Å². The van der Waals surface area contributed by atoms with Crippen LogP contribution in [0.5, 0.6) is 0 Å². The molecule has 0 saturated heterocycles. The highest BCUT2D eigenvalue weighted by atomic mass is 16.6. The van der Waals surface area contributed by atoms with E-state index in [9.17, 15) is 14.4 Å². The van der Waals surface area contributed by atoms with Crippen LogP contribution in [0.2, 0.25) is 0 Å². The first-order valence-corrected chi connectivity index (χ1v) is 35.1. The molecule has 81 heavy (non-hydrogen) atoms. The topological polar surface area (TPSA) is 78.9 Å². The van der Waals surface area contributed by atoms with Crippen LogP contribution in [0.1, 0.15) is 355 Å². The molecule has 0 aliphatic heterocycles. The van der Waals surface area contributed by atoms with Gasteiger partial charge in [0.25, 0.3) is 0 Å². The standard InChI is InChI=1S/C75H132O6/c1-4-7-10-13-16-19-22-25-27-29-31-33-35-36-37-38-40-41-43-45-47-50-53-56-59-62-65-68-74(77)80-71-72(70-79-73(76)67-64-61-58-55-52-49-24-21-18-15-12-9-6-3)81-75(78)69-66-63-60-57-54-51-48-46-44-42-39-34-32-30-28-26-23-20-17-14-11-8-5-2/h8,11-12,15,17,20-21,24,26,28-29,31-32,34,72H,4-7,9-10,13-14,16,18-19,22-23,25,27,30,33,35-71H2,1-3H3/b11-8-,15-12-,20-17-,24-21-,28-26-,31-29-,34-32-. The largest absolute Gasteiger partial charge is 0.462 e. The Morgan fingerprint density at radius 2 is 0.506 bits per heavy atom. The molecule has 0 aliphatic carbocycles. The smallest absolute Gasteiger partial charge is 0.306 e. The van der Waals surface area contributed by atoms with E-state index in [2.05, 4.69) is 106 Å². The van der Waals surface area contributed by atoms with Gasteiger partial charge in [-0.1, -0.05) is 311 Å². The number of hydrogen-bond acceptors (Lipinski definition) is 6. The SMILES string of the molecule is CC/C=C\C/C=C\C/C=C\C/C=C\CCCCCCCCCCCCC(=O)OC(COC(=O)CCCCCCC/C=C\C/C=C\CCC)COC(=O)CCCCCCCCCCCCCCCCC/C=C\CCCCCCCCCC. The van der Waals surface area contributed by atoms with Gasteiger partial charge in [0, 0.05) is 19.3 Å². The number of carbonyl (C=O) groups is 3. The Balaban J connectivity index is 4.26. The average molecular weight is 1130 g/mol. The average Bonchev–Trinajstić information content (AvgIpc) is 3.46. The lowest BCUT2D eigenvalue weighted by molar-refractivity contribution is -0.167. The van der Waals surface area contributed by atoms with Crippen LogP contribution in [0, 0.1) is 0 Å². The van der Waals surface area contributed by atoms with Crippen LogP contribution in [-0.2, 0) is 28.6 Å². The minimum absolute atomic E-state index is 0.0803. The highest BCUT2D eigenvalue weighted by Crippen LogP contribution is 2.17. The zero-order valence-electron chi connectivity index (χ0n) is 53.8. The highest BCUT2D eigenvalue weighted by Gasteiger charge is 2.19. The summed E-state index contributed by atoms with van der Waals surface area (Å²) in [5, 5.41) is 0. The fraction of sp³-hybridized carbons (Fsp3) is 0.773. The van der Waals surface area contributed by atoms with Crippen molar-refractivity contribution in [3.63, 3.8) is 0 Å². The van der Waals surface area contributed by atoms with Crippen LogP contribution in [0.4, 0.5) is 0 Å². The van der Waals surface area contributed by atoms with Crippen LogP contribution in [-0.4, -0.2) is 37.2 Å². The maximum Gasteiger partial charge on any atom is 0.306 e. The molecule has 0 N–H and O–H groups in total. The number of carbonyl (C=O) groups excluding carboxylic acids is 3. The van der Waals surface area contributed by atoms with E-state index in [1.165, 1.54) is 205 Å². The van der Waals surface area contributed by atoms with Crippen LogP contribution < -0.4 is 0 Å². The summed E-state index contributed by atoms with van der Waals surface area (Å²) in [4.78, 5) is 38.4. The predicted molar refractivity (Wildman–Crippen MR) is 353 cm³/mol. The van der Waals surface area contributed by atoms with Crippen molar-refractivity contribution in [1.82, 2.24) is 0 Å². The molecule has 1 atom stereocenters. The van der Waals surface area contributed by atoms with Crippen molar-refractivity contribution in [2.45, 2.75) is 361 Å². The maximum absolute atomic E-state index is 12.9. The lowest BCUT2D eigenvalue weighted by atomic mass is 10.0. The summed E-state index contributed by atoms with van der Waals surface area (Å²) in [5.41, 5.74) is 0. The van der Waals surface area contributed by atoms with Crippen LogP contribution >= 0.6 is 0 Å². The number of esters is 3. The number of hydrogen-bond donors (Lipinski definition) is 0. The minimum Gasteiger partial charge on any atom is -0.462 e. The molecule has 0 saturated carbocycles. The molecular formula is C75H132O6. The predicted octanol–water partition coefficient (Wildman–Crippen LogP) is 24.2. The Kier molecular flexibility index (Phi) is 66.2. The number of unbranched alkanes of at least 4 members (excludes halogenated alkanes) is 39. The van der Waals surface area contributed by atoms with Gasteiger partial charge in [-0.3, -0.25) is 14.4 Å². The zero-order valence-corrected chi connectivity index (χ0v) is 53.8. The molecule has 6 heteroatoms. The molecule has 0 fully saturated rings. The van der Waals surface area contributed by atoms with Crippen molar-refractivity contribution in [2.24, 2.45) is 0 Å². The lowest BCUT2D eigenvalue weighted by Crippen LogP contribution is -2.30. The minimum atomic E-state index is -0.786. The van der Waals surface area contributed by atoms with E-state index in [1.807, 2.05) is 0 Å². The maximum atomic E-state index is 12.9. The van der Waals surface area contributed by atoms with E-state index >= 15 is 0 Å². The summed E-state index contributed by atoms with van der Waals surface area (Å²) in [6, 6.07) is 0. The molecule has 0 amide bonds. The van der Waals surface area contributed by atoms with Gasteiger partial charge in [0.05, 0.1) is 0 Å². The van der Waals surface area contributed by atoms with Gasteiger partial charge in [0.1, 0.15) is 13.2 Å². The molecule has 0 bridgehead atoms. The van der Waals surface area contributed by atoms with Crippen LogP contribution in [0.3, 0.4) is 0 Å². The van der Waals surface area contributed by atoms with Gasteiger partial charge in [-0.05, 0) is 109 Å². The second-order valence-corrected chi connectivity index (χ2v) is 23.4. The number of rotatable bonds is 64. The second kappa shape index (κ2) is 69.1. The Morgan fingerprint density at radius 1 is 0.259 bits per heavy atom. The molecule has 0 heterocycles. The Hall–Kier alpha value is -3.41. The molecule has 6 nitrogen and oxygen atoms in total. The normalized spacial score (nSPS) is 12.6. The van der Waals surface area contributed by atoms with E-state index in [-0.39, 0.29) is 31.1 Å². The van der Waals surface area contributed by atoms with Gasteiger partial charge in [0.15, 0.2) is 6.10 Å². The van der Waals surface area contributed by atoms with E-state index in [0.29, 0.717) is 19.3 Å². The molecule has 0 aromatic rings. The second-order valence-electron chi connectivity index (χ2n) is 23.4. The molecule has 468 valence electrons. The van der Waals surface area contributed by atoms with Gasteiger partial charge < -0.3 is 14.2 Å². The quantitative estimate of drug-likeness (QED) is 0.0261. The molecule has 0 spiro atoms. The number of ether oxygens (including phenoxy) is 3. The molecule has 0 rings (SSSR count). The summed E-state index contributed by atoms with van der Waals surface area (Å²) in [6.45, 7) is 6.49. The number of allylic oxidation sites excluding steroid dienone is 14. The third-order valence-corrected chi connectivity index (χ3v) is 15.3. The lowest BCUT2D eigenvalue weighted by Gasteiger charge is -2.18. The summed E-state index contributed by atoms with van der Waals surface area (Å²) in [6.07, 6.45) is 91.8. The summed E-state index contributed by atoms with van der Waals surface area (Å²) >= 11 is 0. The summed E-state index contributed by atoms with van der Waals surface area (Å²) in [5.74, 6) is -0.883. The van der Waals surface area contributed by atoms with Crippen molar-refractivity contribution in [3.8, 4) is 0 Å². The fourth-order valence-electron chi connectivity index (χ4n) is 10.1. The van der Waals surface area contributed by atoms with Crippen molar-refractivity contribution < 1.29 is 28.6 Å². The Morgan fingerprint density at radius 3 is 0.815 bits per heavy atom. The van der Waals surface area contributed by atoms with E-state index in [4.69, 9.17) is 14.2 Å². The summed E-state index contributed by atoms with van der Waals surface area (Å²) in [7, 11) is 0. The Labute approximate surface area is 503 Å². The van der Waals surface area contributed by atoms with E-state index in [1.54, 1.807) is 0 Å². The molecule has 0 aromatic heterocycles. The molecule has 0 aromatic carbocycles. The van der Waals surface area contributed by atoms with Crippen molar-refractivity contribution in [2.75, 3.05) is 13.2 Å². The van der Waals surface area contributed by atoms with Crippen LogP contribution in [0.25, 0.3) is 0 Å². The van der Waals surface area contributed by atoms with Gasteiger partial charge in [0.2, 0.25) is 0 Å². The fourth-order valence-corrected chi connectivity index (χ4v) is 10.1.